The van der Waals surface area contributed by atoms with Gasteiger partial charge in [0.2, 0.25) is 5.91 Å². The SMILES string of the molecule is C[C@@H](c1ccccc1)N(C)C(=O)Cc1ccc(Cl)c(Cl)c1. The van der Waals surface area contributed by atoms with E-state index in [1.807, 2.05) is 50.4 Å². The molecule has 2 rings (SSSR count). The highest BCUT2D eigenvalue weighted by atomic mass is 35.5. The molecule has 21 heavy (non-hydrogen) atoms. The van der Waals surface area contributed by atoms with Gasteiger partial charge in [-0.25, -0.2) is 0 Å². The molecule has 2 aromatic rings. The Balaban J connectivity index is 2.07. The van der Waals surface area contributed by atoms with E-state index in [4.69, 9.17) is 23.2 Å². The van der Waals surface area contributed by atoms with Crippen LogP contribution in [0.15, 0.2) is 48.5 Å². The molecule has 0 radical (unpaired) electrons. The molecule has 0 spiro atoms. The normalized spacial score (nSPS) is 12.0. The molecule has 4 heteroatoms. The summed E-state index contributed by atoms with van der Waals surface area (Å²) in [6.07, 6.45) is 0.310. The summed E-state index contributed by atoms with van der Waals surface area (Å²) in [5, 5.41) is 0.972. The molecule has 0 heterocycles. The minimum atomic E-state index is 0.0291. The van der Waals surface area contributed by atoms with Crippen LogP contribution in [-0.2, 0) is 11.2 Å². The van der Waals surface area contributed by atoms with Crippen molar-refractivity contribution < 1.29 is 4.79 Å². The molecule has 0 saturated heterocycles. The summed E-state index contributed by atoms with van der Waals surface area (Å²) < 4.78 is 0. The Bertz CT molecular complexity index is 628. The van der Waals surface area contributed by atoms with Gasteiger partial charge < -0.3 is 4.90 Å². The molecule has 0 fully saturated rings. The van der Waals surface area contributed by atoms with Gasteiger partial charge in [0.05, 0.1) is 22.5 Å². The van der Waals surface area contributed by atoms with Crippen molar-refractivity contribution in [2.75, 3.05) is 7.05 Å². The van der Waals surface area contributed by atoms with Crippen molar-refractivity contribution in [3.63, 3.8) is 0 Å². The number of carbonyl (C=O) groups excluding carboxylic acids is 1. The van der Waals surface area contributed by atoms with Gasteiger partial charge in [0.15, 0.2) is 0 Å². The fraction of sp³-hybridized carbons (Fsp3) is 0.235. The van der Waals surface area contributed by atoms with Crippen molar-refractivity contribution in [3.05, 3.63) is 69.7 Å². The van der Waals surface area contributed by atoms with Crippen LogP contribution in [0, 0.1) is 0 Å². The number of likely N-dealkylation sites (N-methyl/N-ethyl adjacent to an activating group) is 1. The minimum Gasteiger partial charge on any atom is -0.339 e. The maximum atomic E-state index is 12.4. The average molecular weight is 322 g/mol. The van der Waals surface area contributed by atoms with E-state index in [2.05, 4.69) is 0 Å². The molecule has 0 aliphatic rings. The van der Waals surface area contributed by atoms with Gasteiger partial charge in [-0.15, -0.1) is 0 Å². The molecular formula is C17H17Cl2NO. The Labute approximate surface area is 135 Å². The van der Waals surface area contributed by atoms with Crippen molar-refractivity contribution in [1.82, 2.24) is 4.90 Å². The fourth-order valence-electron chi connectivity index (χ4n) is 2.12. The van der Waals surface area contributed by atoms with E-state index < -0.39 is 0 Å². The largest absolute Gasteiger partial charge is 0.339 e. The molecule has 0 N–H and O–H groups in total. The van der Waals surface area contributed by atoms with Crippen LogP contribution in [0.2, 0.25) is 10.0 Å². The van der Waals surface area contributed by atoms with Crippen LogP contribution in [0.4, 0.5) is 0 Å². The first kappa shape index (κ1) is 15.9. The lowest BCUT2D eigenvalue weighted by atomic mass is 10.1. The molecule has 1 atom stereocenters. The van der Waals surface area contributed by atoms with Crippen LogP contribution < -0.4 is 0 Å². The monoisotopic (exact) mass is 321 g/mol. The lowest BCUT2D eigenvalue weighted by molar-refractivity contribution is -0.131. The third-order valence-corrected chi connectivity index (χ3v) is 4.33. The first-order valence-electron chi connectivity index (χ1n) is 6.73. The zero-order chi connectivity index (χ0) is 15.4. The van der Waals surface area contributed by atoms with Gasteiger partial charge in [0.1, 0.15) is 0 Å². The van der Waals surface area contributed by atoms with Crippen molar-refractivity contribution in [2.24, 2.45) is 0 Å². The van der Waals surface area contributed by atoms with Crippen LogP contribution in [0.3, 0.4) is 0 Å². The lowest BCUT2D eigenvalue weighted by Crippen LogP contribution is -2.30. The Hall–Kier alpha value is -1.51. The van der Waals surface area contributed by atoms with Crippen molar-refractivity contribution in [1.29, 1.82) is 0 Å². The van der Waals surface area contributed by atoms with E-state index in [9.17, 15) is 4.79 Å². The summed E-state index contributed by atoms with van der Waals surface area (Å²) in [6, 6.07) is 15.3. The van der Waals surface area contributed by atoms with Gasteiger partial charge in [-0.1, -0.05) is 59.6 Å². The zero-order valence-corrected chi connectivity index (χ0v) is 13.5. The first-order valence-corrected chi connectivity index (χ1v) is 7.49. The van der Waals surface area contributed by atoms with E-state index in [-0.39, 0.29) is 11.9 Å². The van der Waals surface area contributed by atoms with E-state index in [1.54, 1.807) is 17.0 Å². The summed E-state index contributed by atoms with van der Waals surface area (Å²) in [5.74, 6) is 0.0461. The smallest absolute Gasteiger partial charge is 0.227 e. The number of benzene rings is 2. The molecule has 0 aliphatic heterocycles. The van der Waals surface area contributed by atoms with E-state index >= 15 is 0 Å². The summed E-state index contributed by atoms with van der Waals surface area (Å²) in [7, 11) is 1.82. The topological polar surface area (TPSA) is 20.3 Å². The van der Waals surface area contributed by atoms with Crippen LogP contribution in [-0.4, -0.2) is 17.9 Å². The van der Waals surface area contributed by atoms with Crippen molar-refractivity contribution in [2.45, 2.75) is 19.4 Å². The van der Waals surface area contributed by atoms with Gasteiger partial charge in [-0.3, -0.25) is 4.79 Å². The van der Waals surface area contributed by atoms with Crippen LogP contribution >= 0.6 is 23.2 Å². The van der Waals surface area contributed by atoms with Crippen molar-refractivity contribution >= 4 is 29.1 Å². The fourth-order valence-corrected chi connectivity index (χ4v) is 2.44. The number of amides is 1. The Morgan fingerprint density at radius 1 is 1.10 bits per heavy atom. The molecule has 0 aromatic heterocycles. The third-order valence-electron chi connectivity index (χ3n) is 3.60. The van der Waals surface area contributed by atoms with Crippen LogP contribution in [0.1, 0.15) is 24.1 Å². The Morgan fingerprint density at radius 3 is 2.38 bits per heavy atom. The van der Waals surface area contributed by atoms with E-state index in [0.29, 0.717) is 16.5 Å². The summed E-state index contributed by atoms with van der Waals surface area (Å²) in [6.45, 7) is 2.02. The van der Waals surface area contributed by atoms with E-state index in [0.717, 1.165) is 11.1 Å². The zero-order valence-electron chi connectivity index (χ0n) is 12.0. The molecule has 110 valence electrons. The third kappa shape index (κ3) is 3.99. The molecule has 2 aromatic carbocycles. The predicted molar refractivity (Wildman–Crippen MR) is 87.8 cm³/mol. The highest BCUT2D eigenvalue weighted by Crippen LogP contribution is 2.24. The van der Waals surface area contributed by atoms with Gasteiger partial charge in [0.25, 0.3) is 0 Å². The van der Waals surface area contributed by atoms with Gasteiger partial charge in [-0.05, 0) is 30.2 Å². The number of hydrogen-bond acceptors (Lipinski definition) is 1. The van der Waals surface area contributed by atoms with Crippen molar-refractivity contribution in [3.8, 4) is 0 Å². The second-order valence-electron chi connectivity index (χ2n) is 5.02. The van der Waals surface area contributed by atoms with Crippen LogP contribution in [0.5, 0.6) is 0 Å². The lowest BCUT2D eigenvalue weighted by Gasteiger charge is -2.25. The quantitative estimate of drug-likeness (QED) is 0.795. The van der Waals surface area contributed by atoms with E-state index in [1.165, 1.54) is 0 Å². The molecule has 0 unspecified atom stereocenters. The molecular weight excluding hydrogens is 305 g/mol. The van der Waals surface area contributed by atoms with Gasteiger partial charge in [0, 0.05) is 7.05 Å². The highest BCUT2D eigenvalue weighted by Gasteiger charge is 2.17. The standard InChI is InChI=1S/C17H17Cl2NO/c1-12(14-6-4-3-5-7-14)20(2)17(21)11-13-8-9-15(18)16(19)10-13/h3-10,12H,11H2,1-2H3/t12-/m0/s1. The number of nitrogens with zero attached hydrogens (tertiary/aromatic N) is 1. The van der Waals surface area contributed by atoms with Gasteiger partial charge in [-0.2, -0.15) is 0 Å². The maximum Gasteiger partial charge on any atom is 0.227 e. The summed E-state index contributed by atoms with van der Waals surface area (Å²) in [5.41, 5.74) is 1.98. The Morgan fingerprint density at radius 2 is 1.76 bits per heavy atom. The average Bonchev–Trinajstić information content (AvgIpc) is 2.50. The molecule has 0 bridgehead atoms. The summed E-state index contributed by atoms with van der Waals surface area (Å²) >= 11 is 11.9. The Kier molecular flexibility index (Phi) is 5.27. The second-order valence-corrected chi connectivity index (χ2v) is 5.83. The molecule has 0 saturated carbocycles. The highest BCUT2D eigenvalue weighted by molar-refractivity contribution is 6.42. The number of carbonyl (C=O) groups is 1. The minimum absolute atomic E-state index is 0.0291. The maximum absolute atomic E-state index is 12.4. The first-order chi connectivity index (χ1) is 9.99. The summed E-state index contributed by atoms with van der Waals surface area (Å²) in [4.78, 5) is 14.1. The number of rotatable bonds is 4. The molecule has 1 amide bonds. The predicted octanol–water partition coefficient (Wildman–Crippen LogP) is 4.76. The van der Waals surface area contributed by atoms with Gasteiger partial charge >= 0.3 is 0 Å². The molecule has 0 aliphatic carbocycles. The van der Waals surface area contributed by atoms with Crippen LogP contribution in [0.25, 0.3) is 0 Å². The second kappa shape index (κ2) is 6.97. The number of halogens is 2. The molecule has 2 nitrogen and oxygen atoms in total. The number of hydrogen-bond donors (Lipinski definition) is 0.